The first-order valence-electron chi connectivity index (χ1n) is 7.62. The number of nitrogens with one attached hydrogen (secondary N) is 2. The Kier molecular flexibility index (Phi) is 3.82. The summed E-state index contributed by atoms with van der Waals surface area (Å²) in [7, 11) is 0. The SMILES string of the molecule is O=C1NC2(CCCCC2)C(=O)NC1c1ccc(C(F)(F)F)cc1. The van der Waals surface area contributed by atoms with Crippen molar-refractivity contribution in [2.45, 2.75) is 49.9 Å². The van der Waals surface area contributed by atoms with Gasteiger partial charge in [-0.3, -0.25) is 9.59 Å². The van der Waals surface area contributed by atoms with Gasteiger partial charge in [0.1, 0.15) is 11.6 Å². The van der Waals surface area contributed by atoms with Gasteiger partial charge in [0.2, 0.25) is 11.8 Å². The summed E-state index contributed by atoms with van der Waals surface area (Å²) in [6, 6.07) is 3.34. The van der Waals surface area contributed by atoms with Crippen molar-refractivity contribution in [1.29, 1.82) is 0 Å². The number of amides is 2. The van der Waals surface area contributed by atoms with Crippen LogP contribution in [0.5, 0.6) is 0 Å². The first-order chi connectivity index (χ1) is 10.8. The molecule has 1 heterocycles. The van der Waals surface area contributed by atoms with Crippen LogP contribution in [0.3, 0.4) is 0 Å². The van der Waals surface area contributed by atoms with E-state index in [1.54, 1.807) is 0 Å². The third kappa shape index (κ3) is 2.92. The monoisotopic (exact) mass is 326 g/mol. The molecule has 4 nitrogen and oxygen atoms in total. The average Bonchev–Trinajstić information content (AvgIpc) is 2.51. The summed E-state index contributed by atoms with van der Waals surface area (Å²) in [6.07, 6.45) is -0.443. The van der Waals surface area contributed by atoms with E-state index in [1.807, 2.05) is 0 Å². The average molecular weight is 326 g/mol. The molecular weight excluding hydrogens is 309 g/mol. The predicted octanol–water partition coefficient (Wildman–Crippen LogP) is 2.70. The topological polar surface area (TPSA) is 58.2 Å². The lowest BCUT2D eigenvalue weighted by molar-refractivity contribution is -0.143. The van der Waals surface area contributed by atoms with Crippen LogP contribution in [0.15, 0.2) is 24.3 Å². The van der Waals surface area contributed by atoms with E-state index in [1.165, 1.54) is 12.1 Å². The highest BCUT2D eigenvalue weighted by Gasteiger charge is 2.47. The van der Waals surface area contributed by atoms with Crippen molar-refractivity contribution in [1.82, 2.24) is 10.6 Å². The number of halogens is 3. The highest BCUT2D eigenvalue weighted by molar-refractivity contribution is 6.00. The second kappa shape index (κ2) is 5.54. The third-order valence-corrected chi connectivity index (χ3v) is 4.61. The molecule has 124 valence electrons. The molecule has 1 saturated carbocycles. The summed E-state index contributed by atoms with van der Waals surface area (Å²) in [5, 5.41) is 5.47. The molecule has 2 aliphatic rings. The van der Waals surface area contributed by atoms with Crippen molar-refractivity contribution in [3.63, 3.8) is 0 Å². The number of carbonyl (C=O) groups excluding carboxylic acids is 2. The first-order valence-corrected chi connectivity index (χ1v) is 7.62. The summed E-state index contributed by atoms with van der Waals surface area (Å²) in [4.78, 5) is 24.8. The second-order valence-electron chi connectivity index (χ2n) is 6.16. The molecule has 1 unspecified atom stereocenters. The summed E-state index contributed by atoms with van der Waals surface area (Å²) in [5.74, 6) is -0.618. The molecule has 2 amide bonds. The quantitative estimate of drug-likeness (QED) is 0.834. The van der Waals surface area contributed by atoms with Gasteiger partial charge in [-0.25, -0.2) is 0 Å². The fourth-order valence-corrected chi connectivity index (χ4v) is 3.31. The van der Waals surface area contributed by atoms with Gasteiger partial charge in [0.05, 0.1) is 5.56 Å². The van der Waals surface area contributed by atoms with E-state index in [0.717, 1.165) is 31.4 Å². The Morgan fingerprint density at radius 3 is 2.17 bits per heavy atom. The van der Waals surface area contributed by atoms with Crippen LogP contribution in [0, 0.1) is 0 Å². The van der Waals surface area contributed by atoms with Crippen molar-refractivity contribution in [3.8, 4) is 0 Å². The van der Waals surface area contributed by atoms with E-state index in [4.69, 9.17) is 0 Å². The van der Waals surface area contributed by atoms with Gasteiger partial charge in [0, 0.05) is 0 Å². The smallest absolute Gasteiger partial charge is 0.340 e. The van der Waals surface area contributed by atoms with E-state index in [9.17, 15) is 22.8 Å². The molecule has 0 radical (unpaired) electrons. The Morgan fingerprint density at radius 2 is 1.61 bits per heavy atom. The van der Waals surface area contributed by atoms with E-state index in [0.29, 0.717) is 18.4 Å². The number of hydrogen-bond donors (Lipinski definition) is 2. The van der Waals surface area contributed by atoms with E-state index in [-0.39, 0.29) is 11.8 Å². The van der Waals surface area contributed by atoms with Crippen molar-refractivity contribution in [2.75, 3.05) is 0 Å². The van der Waals surface area contributed by atoms with Gasteiger partial charge in [-0.2, -0.15) is 13.2 Å². The summed E-state index contributed by atoms with van der Waals surface area (Å²) in [6.45, 7) is 0. The van der Waals surface area contributed by atoms with Crippen LogP contribution < -0.4 is 10.6 Å². The second-order valence-corrected chi connectivity index (χ2v) is 6.16. The van der Waals surface area contributed by atoms with Crippen molar-refractivity contribution in [2.24, 2.45) is 0 Å². The molecule has 1 aliphatic carbocycles. The number of piperazine rings is 1. The summed E-state index contributed by atoms with van der Waals surface area (Å²) < 4.78 is 37.8. The minimum Gasteiger partial charge on any atom is -0.340 e. The lowest BCUT2D eigenvalue weighted by atomic mass is 9.79. The molecule has 1 spiro atoms. The molecule has 2 N–H and O–H groups in total. The number of benzene rings is 1. The molecule has 1 aromatic rings. The molecular formula is C16H17F3N2O2. The normalized spacial score (nSPS) is 24.2. The van der Waals surface area contributed by atoms with Crippen LogP contribution in [0.25, 0.3) is 0 Å². The maximum Gasteiger partial charge on any atom is 0.416 e. The Balaban J connectivity index is 1.80. The van der Waals surface area contributed by atoms with Gasteiger partial charge in [-0.15, -0.1) is 0 Å². The number of alkyl halides is 3. The van der Waals surface area contributed by atoms with Crippen LogP contribution in [0.1, 0.15) is 49.3 Å². The zero-order valence-corrected chi connectivity index (χ0v) is 12.4. The zero-order valence-electron chi connectivity index (χ0n) is 12.4. The van der Waals surface area contributed by atoms with Gasteiger partial charge >= 0.3 is 6.18 Å². The van der Waals surface area contributed by atoms with Gasteiger partial charge in [-0.05, 0) is 30.5 Å². The van der Waals surface area contributed by atoms with Gasteiger partial charge < -0.3 is 10.6 Å². The molecule has 1 aromatic carbocycles. The van der Waals surface area contributed by atoms with Crippen LogP contribution in [0.2, 0.25) is 0 Å². The van der Waals surface area contributed by atoms with Gasteiger partial charge in [0.15, 0.2) is 0 Å². The van der Waals surface area contributed by atoms with Crippen LogP contribution >= 0.6 is 0 Å². The molecule has 7 heteroatoms. The van der Waals surface area contributed by atoms with Crippen molar-refractivity contribution < 1.29 is 22.8 Å². The van der Waals surface area contributed by atoms with Gasteiger partial charge in [-0.1, -0.05) is 31.4 Å². The molecule has 0 aromatic heterocycles. The maximum absolute atomic E-state index is 12.6. The number of hydrogen-bond acceptors (Lipinski definition) is 2. The number of carbonyl (C=O) groups is 2. The van der Waals surface area contributed by atoms with Crippen LogP contribution in [0.4, 0.5) is 13.2 Å². The molecule has 2 fully saturated rings. The lowest BCUT2D eigenvalue weighted by Gasteiger charge is -2.42. The minimum absolute atomic E-state index is 0.248. The summed E-state index contributed by atoms with van der Waals surface area (Å²) >= 11 is 0. The Hall–Kier alpha value is -2.05. The molecule has 0 bridgehead atoms. The first kappa shape index (κ1) is 15.8. The Bertz CT molecular complexity index is 619. The van der Waals surface area contributed by atoms with Gasteiger partial charge in [0.25, 0.3) is 0 Å². The van der Waals surface area contributed by atoms with Crippen LogP contribution in [-0.4, -0.2) is 17.4 Å². The largest absolute Gasteiger partial charge is 0.416 e. The highest BCUT2D eigenvalue weighted by atomic mass is 19.4. The zero-order chi connectivity index (χ0) is 16.7. The van der Waals surface area contributed by atoms with Crippen molar-refractivity contribution >= 4 is 11.8 Å². The Labute approximate surface area is 131 Å². The maximum atomic E-state index is 12.6. The molecule has 1 aliphatic heterocycles. The fraction of sp³-hybridized carbons (Fsp3) is 0.500. The van der Waals surface area contributed by atoms with E-state index < -0.39 is 23.3 Å². The van der Waals surface area contributed by atoms with E-state index >= 15 is 0 Å². The van der Waals surface area contributed by atoms with E-state index in [2.05, 4.69) is 10.6 Å². The predicted molar refractivity (Wildman–Crippen MR) is 76.3 cm³/mol. The summed E-state index contributed by atoms with van der Waals surface area (Å²) in [5.41, 5.74) is -1.29. The minimum atomic E-state index is -4.43. The molecule has 23 heavy (non-hydrogen) atoms. The fourth-order valence-electron chi connectivity index (χ4n) is 3.31. The third-order valence-electron chi connectivity index (χ3n) is 4.61. The molecule has 1 atom stereocenters. The highest BCUT2D eigenvalue weighted by Crippen LogP contribution is 2.34. The molecule has 1 saturated heterocycles. The Morgan fingerprint density at radius 1 is 1.00 bits per heavy atom. The standard InChI is InChI=1S/C16H17F3N2O2/c17-16(18,19)11-6-4-10(5-7-11)12-13(22)21-15(14(23)20-12)8-2-1-3-9-15/h4-7,12H,1-3,8-9H2,(H,20,23)(H,21,22). The lowest BCUT2D eigenvalue weighted by Crippen LogP contribution is -2.67. The number of rotatable bonds is 1. The van der Waals surface area contributed by atoms with Crippen LogP contribution in [-0.2, 0) is 15.8 Å². The van der Waals surface area contributed by atoms with Crippen molar-refractivity contribution in [3.05, 3.63) is 35.4 Å². The molecule has 3 rings (SSSR count).